The van der Waals surface area contributed by atoms with Gasteiger partial charge in [0.15, 0.2) is 0 Å². The summed E-state index contributed by atoms with van der Waals surface area (Å²) in [6, 6.07) is 14.2. The first-order chi connectivity index (χ1) is 11.9. The van der Waals surface area contributed by atoms with Crippen LogP contribution in [0.3, 0.4) is 0 Å². The van der Waals surface area contributed by atoms with Gasteiger partial charge in [-0.15, -0.1) is 12.4 Å². The van der Waals surface area contributed by atoms with Gasteiger partial charge in [-0.2, -0.15) is 0 Å². The largest absolute Gasteiger partial charge is 0.343 e. The lowest BCUT2D eigenvalue weighted by atomic mass is 10.0. The summed E-state index contributed by atoms with van der Waals surface area (Å²) in [6.07, 6.45) is 3.32. The highest BCUT2D eigenvalue weighted by Gasteiger charge is 2.16. The van der Waals surface area contributed by atoms with Crippen LogP contribution < -0.4 is 5.32 Å². The molecule has 1 heterocycles. The second kappa shape index (κ2) is 8.67. The zero-order valence-electron chi connectivity index (χ0n) is 15.4. The van der Waals surface area contributed by atoms with E-state index in [4.69, 9.17) is 23.2 Å². The van der Waals surface area contributed by atoms with Gasteiger partial charge < -0.3 is 9.88 Å². The van der Waals surface area contributed by atoms with Crippen molar-refractivity contribution in [3.05, 3.63) is 69.8 Å². The molecule has 0 radical (unpaired) electrons. The van der Waals surface area contributed by atoms with Crippen molar-refractivity contribution >= 4 is 46.5 Å². The van der Waals surface area contributed by atoms with Crippen LogP contribution in [0.1, 0.15) is 38.3 Å². The van der Waals surface area contributed by atoms with Crippen LogP contribution >= 0.6 is 35.6 Å². The predicted octanol–water partition coefficient (Wildman–Crippen LogP) is 6.70. The standard InChI is InChI=1S/C21H24Cl2N2.ClH/c1-4-21(2,3)24-12-16-14-25(20-8-6-5-7-18(16)20)13-15-9-10-17(22)11-19(15)23;/h5-11,14,24H,4,12-13H2,1-3H3;1H. The van der Waals surface area contributed by atoms with Gasteiger partial charge in [0.25, 0.3) is 0 Å². The maximum Gasteiger partial charge on any atom is 0.0491 e. The highest BCUT2D eigenvalue weighted by atomic mass is 35.5. The minimum absolute atomic E-state index is 0. The molecule has 0 amide bonds. The molecule has 5 heteroatoms. The van der Waals surface area contributed by atoms with E-state index in [1.165, 1.54) is 16.5 Å². The van der Waals surface area contributed by atoms with Crippen LogP contribution in [0.2, 0.25) is 10.0 Å². The van der Waals surface area contributed by atoms with Crippen molar-refractivity contribution < 1.29 is 0 Å². The van der Waals surface area contributed by atoms with E-state index >= 15 is 0 Å². The van der Waals surface area contributed by atoms with Crippen LogP contribution in [0, 0.1) is 0 Å². The molecule has 0 atom stereocenters. The number of rotatable bonds is 6. The lowest BCUT2D eigenvalue weighted by molar-refractivity contribution is 0.375. The Morgan fingerprint density at radius 3 is 2.46 bits per heavy atom. The smallest absolute Gasteiger partial charge is 0.0491 e. The number of benzene rings is 2. The Morgan fingerprint density at radius 1 is 1.04 bits per heavy atom. The van der Waals surface area contributed by atoms with Gasteiger partial charge in [0.2, 0.25) is 0 Å². The summed E-state index contributed by atoms with van der Waals surface area (Å²) in [5, 5.41) is 6.31. The summed E-state index contributed by atoms with van der Waals surface area (Å²) in [6.45, 7) is 8.26. The van der Waals surface area contributed by atoms with E-state index < -0.39 is 0 Å². The van der Waals surface area contributed by atoms with E-state index in [0.717, 1.165) is 25.1 Å². The SMILES string of the molecule is CCC(C)(C)NCc1cn(Cc2ccc(Cl)cc2Cl)c2ccccc12.Cl. The molecule has 0 bridgehead atoms. The molecule has 0 spiro atoms. The number of hydrogen-bond donors (Lipinski definition) is 1. The van der Waals surface area contributed by atoms with Crippen molar-refractivity contribution in [1.29, 1.82) is 0 Å². The summed E-state index contributed by atoms with van der Waals surface area (Å²) < 4.78 is 2.26. The number of hydrogen-bond acceptors (Lipinski definition) is 1. The molecule has 2 aromatic carbocycles. The van der Waals surface area contributed by atoms with Crippen molar-refractivity contribution in [1.82, 2.24) is 9.88 Å². The van der Waals surface area contributed by atoms with Gasteiger partial charge in [-0.3, -0.25) is 0 Å². The van der Waals surface area contributed by atoms with Gasteiger partial charge in [-0.05, 0) is 49.6 Å². The monoisotopic (exact) mass is 410 g/mol. The Hall–Kier alpha value is -1.19. The summed E-state index contributed by atoms with van der Waals surface area (Å²) in [4.78, 5) is 0. The Balaban J connectivity index is 0.00000243. The number of halogens is 3. The van der Waals surface area contributed by atoms with E-state index in [9.17, 15) is 0 Å². The first-order valence-electron chi connectivity index (χ1n) is 8.65. The quantitative estimate of drug-likeness (QED) is 0.477. The van der Waals surface area contributed by atoms with Crippen molar-refractivity contribution in [2.24, 2.45) is 0 Å². The molecule has 0 aliphatic rings. The van der Waals surface area contributed by atoms with Gasteiger partial charge in [-0.25, -0.2) is 0 Å². The molecule has 0 saturated heterocycles. The molecular weight excluding hydrogens is 387 g/mol. The third-order valence-corrected chi connectivity index (χ3v) is 5.46. The van der Waals surface area contributed by atoms with Crippen LogP contribution in [0.25, 0.3) is 10.9 Å². The van der Waals surface area contributed by atoms with Crippen molar-refractivity contribution in [3.63, 3.8) is 0 Å². The van der Waals surface area contributed by atoms with E-state index in [2.05, 4.69) is 61.1 Å². The fourth-order valence-corrected chi connectivity index (χ4v) is 3.36. The first-order valence-corrected chi connectivity index (χ1v) is 9.41. The average Bonchev–Trinajstić information content (AvgIpc) is 2.94. The van der Waals surface area contributed by atoms with E-state index in [0.29, 0.717) is 10.0 Å². The number of para-hydroxylation sites is 1. The van der Waals surface area contributed by atoms with Gasteiger partial charge in [0, 0.05) is 45.8 Å². The van der Waals surface area contributed by atoms with Gasteiger partial charge >= 0.3 is 0 Å². The highest BCUT2D eigenvalue weighted by molar-refractivity contribution is 6.35. The molecule has 1 aromatic heterocycles. The molecule has 2 nitrogen and oxygen atoms in total. The molecule has 0 aliphatic carbocycles. The molecule has 3 aromatic rings. The Bertz CT molecular complexity index is 884. The van der Waals surface area contributed by atoms with Crippen LogP contribution in [-0.4, -0.2) is 10.1 Å². The van der Waals surface area contributed by atoms with Gasteiger partial charge in [-0.1, -0.05) is 54.4 Å². The molecule has 0 saturated carbocycles. The fourth-order valence-electron chi connectivity index (χ4n) is 2.89. The Kier molecular flexibility index (Phi) is 7.04. The topological polar surface area (TPSA) is 17.0 Å². The minimum Gasteiger partial charge on any atom is -0.343 e. The molecule has 1 N–H and O–H groups in total. The number of aromatic nitrogens is 1. The van der Waals surface area contributed by atoms with E-state index in [1.807, 2.05) is 12.1 Å². The molecular formula is C21H25Cl3N2. The normalized spacial score (nSPS) is 11.6. The second-order valence-corrected chi connectivity index (χ2v) is 7.97. The van der Waals surface area contributed by atoms with Crippen LogP contribution in [0.4, 0.5) is 0 Å². The van der Waals surface area contributed by atoms with Crippen LogP contribution in [0.15, 0.2) is 48.7 Å². The second-order valence-electron chi connectivity index (χ2n) is 7.13. The predicted molar refractivity (Wildman–Crippen MR) is 116 cm³/mol. The summed E-state index contributed by atoms with van der Waals surface area (Å²) in [5.41, 5.74) is 3.73. The van der Waals surface area contributed by atoms with Crippen molar-refractivity contribution in [2.45, 2.75) is 45.8 Å². The van der Waals surface area contributed by atoms with Crippen LogP contribution in [-0.2, 0) is 13.1 Å². The van der Waals surface area contributed by atoms with Crippen LogP contribution in [0.5, 0.6) is 0 Å². The van der Waals surface area contributed by atoms with E-state index in [-0.39, 0.29) is 17.9 Å². The zero-order chi connectivity index (χ0) is 18.0. The Labute approximate surface area is 171 Å². The number of nitrogens with zero attached hydrogens (tertiary/aromatic N) is 1. The lowest BCUT2D eigenvalue weighted by Crippen LogP contribution is -2.37. The highest BCUT2D eigenvalue weighted by Crippen LogP contribution is 2.26. The maximum absolute atomic E-state index is 6.37. The fraction of sp³-hybridized carbons (Fsp3) is 0.333. The van der Waals surface area contributed by atoms with E-state index in [1.54, 1.807) is 6.07 Å². The summed E-state index contributed by atoms with van der Waals surface area (Å²) in [7, 11) is 0. The summed E-state index contributed by atoms with van der Waals surface area (Å²) >= 11 is 12.4. The molecule has 0 fully saturated rings. The average molecular weight is 412 g/mol. The van der Waals surface area contributed by atoms with Crippen molar-refractivity contribution in [2.75, 3.05) is 0 Å². The maximum atomic E-state index is 6.37. The Morgan fingerprint density at radius 2 is 1.77 bits per heavy atom. The lowest BCUT2D eigenvalue weighted by Gasteiger charge is -2.24. The molecule has 3 rings (SSSR count). The molecule has 0 aliphatic heterocycles. The minimum atomic E-state index is 0. The molecule has 26 heavy (non-hydrogen) atoms. The van der Waals surface area contributed by atoms with Crippen molar-refractivity contribution in [3.8, 4) is 0 Å². The molecule has 0 unspecified atom stereocenters. The number of fused-ring (bicyclic) bond motifs is 1. The molecule has 140 valence electrons. The zero-order valence-corrected chi connectivity index (χ0v) is 17.7. The third kappa shape index (κ3) is 4.75. The van der Waals surface area contributed by atoms with Gasteiger partial charge in [0.1, 0.15) is 0 Å². The first kappa shape index (κ1) is 21.1. The van der Waals surface area contributed by atoms with Gasteiger partial charge in [0.05, 0.1) is 0 Å². The third-order valence-electron chi connectivity index (χ3n) is 4.87. The summed E-state index contributed by atoms with van der Waals surface area (Å²) in [5.74, 6) is 0. The number of nitrogens with one attached hydrogen (secondary N) is 1.